The van der Waals surface area contributed by atoms with Crippen LogP contribution in [0.3, 0.4) is 0 Å². The van der Waals surface area contributed by atoms with Crippen LogP contribution in [0.25, 0.3) is 0 Å². The Balaban J connectivity index is 2.06. The minimum atomic E-state index is -4.05. The van der Waals surface area contributed by atoms with E-state index >= 15 is 0 Å². The highest BCUT2D eigenvalue weighted by Gasteiger charge is 2.28. The molecular formula is C19H18FN3O3S. The zero-order valence-electron chi connectivity index (χ0n) is 14.8. The van der Waals surface area contributed by atoms with E-state index in [0.29, 0.717) is 11.3 Å². The lowest BCUT2D eigenvalue weighted by molar-refractivity contribution is 0.414. The molecule has 2 heterocycles. The summed E-state index contributed by atoms with van der Waals surface area (Å²) in [5.74, 6) is -0.133. The van der Waals surface area contributed by atoms with Crippen molar-refractivity contribution in [3.05, 3.63) is 77.9 Å². The van der Waals surface area contributed by atoms with Gasteiger partial charge in [0.2, 0.25) is 5.95 Å². The maximum Gasteiger partial charge on any atom is 0.283 e. The smallest absolute Gasteiger partial charge is 0.283 e. The largest absolute Gasteiger partial charge is 0.497 e. The molecule has 0 atom stereocenters. The molecular weight excluding hydrogens is 369 g/mol. The second-order valence-corrected chi connectivity index (χ2v) is 7.66. The van der Waals surface area contributed by atoms with E-state index in [4.69, 9.17) is 4.74 Å². The molecule has 0 unspecified atom stereocenters. The first-order valence-electron chi connectivity index (χ1n) is 8.11. The van der Waals surface area contributed by atoms with Gasteiger partial charge in [-0.25, -0.2) is 14.3 Å². The molecule has 0 aliphatic carbocycles. The Kier molecular flexibility index (Phi) is 5.36. The number of anilines is 1. The van der Waals surface area contributed by atoms with Crippen molar-refractivity contribution in [2.75, 3.05) is 11.4 Å². The number of aromatic nitrogens is 2. The van der Waals surface area contributed by atoms with Crippen LogP contribution in [0.5, 0.6) is 5.75 Å². The van der Waals surface area contributed by atoms with Crippen LogP contribution in [0.15, 0.2) is 65.8 Å². The van der Waals surface area contributed by atoms with Gasteiger partial charge < -0.3 is 4.74 Å². The van der Waals surface area contributed by atoms with Gasteiger partial charge in [-0.1, -0.05) is 18.2 Å². The summed E-state index contributed by atoms with van der Waals surface area (Å²) in [6, 6.07) is 14.1. The van der Waals surface area contributed by atoms with E-state index in [0.717, 1.165) is 15.9 Å². The maximum absolute atomic E-state index is 13.7. The lowest BCUT2D eigenvalue weighted by Crippen LogP contribution is -2.32. The lowest BCUT2D eigenvalue weighted by atomic mass is 10.2. The van der Waals surface area contributed by atoms with Crippen molar-refractivity contribution >= 4 is 15.8 Å². The second kappa shape index (κ2) is 7.71. The van der Waals surface area contributed by atoms with E-state index in [1.54, 1.807) is 44.4 Å². The van der Waals surface area contributed by atoms with Gasteiger partial charge in [-0.05, 0) is 54.4 Å². The molecule has 0 amide bonds. The summed E-state index contributed by atoms with van der Waals surface area (Å²) >= 11 is 0. The number of halogens is 1. The van der Waals surface area contributed by atoms with Gasteiger partial charge in [0.05, 0.1) is 13.7 Å². The normalized spacial score (nSPS) is 11.2. The molecule has 140 valence electrons. The van der Waals surface area contributed by atoms with E-state index in [-0.39, 0.29) is 17.4 Å². The fourth-order valence-corrected chi connectivity index (χ4v) is 3.91. The maximum atomic E-state index is 13.7. The van der Waals surface area contributed by atoms with Gasteiger partial charge in [0.25, 0.3) is 10.0 Å². The van der Waals surface area contributed by atoms with Crippen molar-refractivity contribution in [3.63, 3.8) is 0 Å². The average molecular weight is 387 g/mol. The van der Waals surface area contributed by atoms with Gasteiger partial charge in [-0.3, -0.25) is 0 Å². The highest BCUT2D eigenvalue weighted by molar-refractivity contribution is 7.92. The zero-order chi connectivity index (χ0) is 19.4. The Morgan fingerprint density at radius 1 is 1.11 bits per heavy atom. The van der Waals surface area contributed by atoms with Gasteiger partial charge in [-0.15, -0.1) is 0 Å². The van der Waals surface area contributed by atoms with Crippen LogP contribution >= 0.6 is 0 Å². The van der Waals surface area contributed by atoms with Crippen molar-refractivity contribution in [2.24, 2.45) is 0 Å². The van der Waals surface area contributed by atoms with Crippen molar-refractivity contribution in [3.8, 4) is 5.75 Å². The van der Waals surface area contributed by atoms with Crippen LogP contribution in [-0.4, -0.2) is 25.5 Å². The van der Waals surface area contributed by atoms with Crippen LogP contribution in [-0.2, 0) is 16.6 Å². The number of hydrogen-bond acceptors (Lipinski definition) is 5. The minimum absolute atomic E-state index is 0.0193. The van der Waals surface area contributed by atoms with Crippen LogP contribution < -0.4 is 9.04 Å². The first-order chi connectivity index (χ1) is 12.9. The zero-order valence-corrected chi connectivity index (χ0v) is 15.6. The molecule has 0 saturated carbocycles. The Labute approximate surface area is 157 Å². The summed E-state index contributed by atoms with van der Waals surface area (Å²) in [6.45, 7) is 1.74. The molecule has 0 bridgehead atoms. The van der Waals surface area contributed by atoms with Crippen molar-refractivity contribution in [2.45, 2.75) is 18.5 Å². The van der Waals surface area contributed by atoms with E-state index in [9.17, 15) is 12.8 Å². The van der Waals surface area contributed by atoms with E-state index < -0.39 is 16.0 Å². The third-order valence-electron chi connectivity index (χ3n) is 3.89. The monoisotopic (exact) mass is 387 g/mol. The summed E-state index contributed by atoms with van der Waals surface area (Å²) in [6.07, 6.45) is 1.42. The molecule has 3 aromatic rings. The summed E-state index contributed by atoms with van der Waals surface area (Å²) in [7, 11) is -2.50. The van der Waals surface area contributed by atoms with Gasteiger partial charge >= 0.3 is 0 Å². The van der Waals surface area contributed by atoms with Crippen LogP contribution in [0, 0.1) is 12.9 Å². The molecule has 1 aromatic carbocycles. The highest BCUT2D eigenvalue weighted by Crippen LogP contribution is 2.24. The summed E-state index contributed by atoms with van der Waals surface area (Å²) in [5.41, 5.74) is 1.44. The number of pyridine rings is 2. The molecule has 6 nitrogen and oxygen atoms in total. The molecule has 27 heavy (non-hydrogen) atoms. The Bertz CT molecular complexity index is 1040. The second-order valence-electron chi connectivity index (χ2n) is 5.85. The molecule has 0 radical (unpaired) electrons. The number of nitrogens with zero attached hydrogens (tertiary/aromatic N) is 3. The fourth-order valence-electron chi connectivity index (χ4n) is 2.48. The minimum Gasteiger partial charge on any atom is -0.497 e. The molecule has 0 saturated heterocycles. The molecule has 3 rings (SSSR count). The number of benzene rings is 1. The SMILES string of the molecule is COc1ccc(CN(c2cccc(F)n2)S(=O)(=O)c2cc(C)ccn2)cc1. The Hall–Kier alpha value is -3.00. The van der Waals surface area contributed by atoms with Crippen molar-refractivity contribution < 1.29 is 17.5 Å². The number of aryl methyl sites for hydroxylation is 1. The quantitative estimate of drug-likeness (QED) is 0.607. The molecule has 2 aromatic heterocycles. The number of methoxy groups -OCH3 is 1. The van der Waals surface area contributed by atoms with Crippen LogP contribution in [0.4, 0.5) is 10.2 Å². The number of sulfonamides is 1. The highest BCUT2D eigenvalue weighted by atomic mass is 32.2. The molecule has 0 fully saturated rings. The lowest BCUT2D eigenvalue weighted by Gasteiger charge is -2.23. The number of rotatable bonds is 6. The molecule has 0 aliphatic heterocycles. The Morgan fingerprint density at radius 2 is 1.85 bits per heavy atom. The first kappa shape index (κ1) is 18.8. The molecule has 0 N–H and O–H groups in total. The van der Waals surface area contributed by atoms with E-state index in [2.05, 4.69) is 9.97 Å². The first-order valence-corrected chi connectivity index (χ1v) is 9.55. The Morgan fingerprint density at radius 3 is 2.48 bits per heavy atom. The van der Waals surface area contributed by atoms with Crippen LogP contribution in [0.2, 0.25) is 0 Å². The topological polar surface area (TPSA) is 72.4 Å². The van der Waals surface area contributed by atoms with Gasteiger partial charge in [0.1, 0.15) is 11.6 Å². The van der Waals surface area contributed by atoms with Crippen molar-refractivity contribution in [1.82, 2.24) is 9.97 Å². The van der Waals surface area contributed by atoms with Gasteiger partial charge in [0.15, 0.2) is 5.03 Å². The van der Waals surface area contributed by atoms with E-state index in [1.165, 1.54) is 24.4 Å². The predicted molar refractivity (Wildman–Crippen MR) is 99.5 cm³/mol. The predicted octanol–water partition coefficient (Wildman–Crippen LogP) is 3.33. The molecule has 0 spiro atoms. The third kappa shape index (κ3) is 4.22. The number of ether oxygens (including phenoxy) is 1. The fraction of sp³-hybridized carbons (Fsp3) is 0.158. The summed E-state index contributed by atoms with van der Waals surface area (Å²) in [5, 5.41) is -0.123. The number of hydrogen-bond donors (Lipinski definition) is 0. The molecule has 0 aliphatic rings. The summed E-state index contributed by atoms with van der Waals surface area (Å²) in [4.78, 5) is 7.72. The average Bonchev–Trinajstić information content (AvgIpc) is 2.66. The molecule has 8 heteroatoms. The van der Waals surface area contributed by atoms with Gasteiger partial charge in [0, 0.05) is 6.20 Å². The van der Waals surface area contributed by atoms with Crippen LogP contribution in [0.1, 0.15) is 11.1 Å². The van der Waals surface area contributed by atoms with Crippen molar-refractivity contribution in [1.29, 1.82) is 0 Å². The van der Waals surface area contributed by atoms with E-state index in [1.807, 2.05) is 0 Å². The third-order valence-corrected chi connectivity index (χ3v) is 5.53. The summed E-state index contributed by atoms with van der Waals surface area (Å²) < 4.78 is 46.2. The standard InChI is InChI=1S/C19H18FN3O3S/c1-14-10-11-21-19(12-14)27(24,25)23(18-5-3-4-17(20)22-18)13-15-6-8-16(26-2)9-7-15/h3-12H,13H2,1-2H3. The van der Waals surface area contributed by atoms with Gasteiger partial charge in [-0.2, -0.15) is 12.8 Å².